The molecule has 77 heavy (non-hydrogen) atoms. The fourth-order valence-electron chi connectivity index (χ4n) is 9.32. The number of aliphatic hydroxyl groups is 2. The zero-order valence-corrected chi connectivity index (χ0v) is 49.0. The van der Waals surface area contributed by atoms with Gasteiger partial charge >= 0.3 is 23.9 Å². The van der Waals surface area contributed by atoms with Crippen LogP contribution in [0.3, 0.4) is 0 Å². The molecule has 1 fully saturated rings. The Hall–Kier alpha value is -3.58. The van der Waals surface area contributed by atoms with Crippen molar-refractivity contribution in [1.29, 1.82) is 0 Å². The number of carbonyl (C=O) groups is 4. The molecule has 0 radical (unpaired) electrons. The topological polar surface area (TPSA) is 175 Å². The summed E-state index contributed by atoms with van der Waals surface area (Å²) in [5, 5.41) is 31.5. The smallest absolute Gasteiger partial charge is 0.335 e. The third-order valence-corrected chi connectivity index (χ3v) is 14.1. The first-order chi connectivity index (χ1) is 37.6. The Labute approximate surface area is 468 Å². The van der Waals surface area contributed by atoms with Crippen molar-refractivity contribution in [2.24, 2.45) is 0 Å². The number of carbonyl (C=O) groups excluding carboxylic acids is 3. The van der Waals surface area contributed by atoms with Crippen molar-refractivity contribution in [2.75, 3.05) is 13.2 Å². The molecule has 3 N–H and O–H groups in total. The van der Waals surface area contributed by atoms with Gasteiger partial charge in [-0.2, -0.15) is 0 Å². The first kappa shape index (κ1) is 71.4. The second kappa shape index (κ2) is 53.1. The van der Waals surface area contributed by atoms with Gasteiger partial charge in [-0.25, -0.2) is 4.79 Å². The maximum absolute atomic E-state index is 13.1. The number of carboxylic acids is 1. The van der Waals surface area contributed by atoms with Gasteiger partial charge in [0.05, 0.1) is 6.61 Å². The molecule has 0 aromatic carbocycles. The SMILES string of the molecule is CC/C=C\C/C=C\C/C=C\C/C=C\CCC(=O)OC(COC(=O)CCCCCCCCC/C=C\CCCCCCCC)COC1OC(C(=O)O)C(O)C(O)C1OC(=O)CCCCCCCCCCCCCCCCCCC. The van der Waals surface area contributed by atoms with E-state index in [4.69, 9.17) is 23.7 Å². The molecule has 0 spiro atoms. The Morgan fingerprint density at radius 3 is 1.30 bits per heavy atom. The van der Waals surface area contributed by atoms with E-state index in [1.54, 1.807) is 0 Å². The van der Waals surface area contributed by atoms with Crippen LogP contribution in [0.25, 0.3) is 0 Å². The minimum absolute atomic E-state index is 0.0419. The number of rotatable bonds is 53. The summed E-state index contributed by atoms with van der Waals surface area (Å²) < 4.78 is 28.4. The molecular weight excluding hydrogens is 973 g/mol. The Morgan fingerprint density at radius 1 is 0.442 bits per heavy atom. The Kier molecular flexibility index (Phi) is 49.2. The van der Waals surface area contributed by atoms with Crippen LogP contribution in [0.2, 0.25) is 0 Å². The zero-order valence-electron chi connectivity index (χ0n) is 49.0. The van der Waals surface area contributed by atoms with Crippen LogP contribution in [0.15, 0.2) is 60.8 Å². The fraction of sp³-hybridized carbons (Fsp3) is 0.785. The average molecular weight is 1090 g/mol. The number of aliphatic hydroxyl groups excluding tert-OH is 2. The molecule has 12 nitrogen and oxygen atoms in total. The van der Waals surface area contributed by atoms with E-state index in [1.165, 1.54) is 141 Å². The molecule has 0 saturated carbocycles. The zero-order chi connectivity index (χ0) is 56.1. The summed E-state index contributed by atoms with van der Waals surface area (Å²) in [7, 11) is 0. The monoisotopic (exact) mass is 1080 g/mol. The molecule has 6 unspecified atom stereocenters. The summed E-state index contributed by atoms with van der Waals surface area (Å²) >= 11 is 0. The van der Waals surface area contributed by atoms with Crippen molar-refractivity contribution in [2.45, 2.75) is 314 Å². The first-order valence-electron chi connectivity index (χ1n) is 31.3. The van der Waals surface area contributed by atoms with Crippen LogP contribution < -0.4 is 0 Å². The minimum Gasteiger partial charge on any atom is -0.479 e. The number of allylic oxidation sites excluding steroid dienone is 10. The van der Waals surface area contributed by atoms with E-state index in [0.717, 1.165) is 70.6 Å². The molecule has 6 atom stereocenters. The van der Waals surface area contributed by atoms with E-state index in [2.05, 4.69) is 69.4 Å². The van der Waals surface area contributed by atoms with Crippen LogP contribution >= 0.6 is 0 Å². The standard InChI is InChI=1S/C65H112O12/c1-4-7-10-13-16-19-22-25-27-29-31-34-36-39-42-45-48-51-57(66)73-54-56(75-58(67)52-49-46-43-40-37-33-24-21-18-15-12-9-6-3)55-74-65-63(61(70)60(69)62(77-65)64(71)72)76-59(68)53-50-47-44-41-38-35-32-30-28-26-23-20-17-14-11-8-5-2/h9,12,18,21,25,27,33,37,43,46,56,60-63,65,69-70H,4-8,10-11,13-17,19-20,22-24,26,28-32,34-36,38-42,44-45,47-55H2,1-3H3,(H,71,72)/b12-9-,21-18-,27-25-,37-33-,46-43-. The Bertz CT molecular complexity index is 1570. The number of esters is 3. The molecule has 1 saturated heterocycles. The van der Waals surface area contributed by atoms with Gasteiger partial charge in [-0.15, -0.1) is 0 Å². The van der Waals surface area contributed by atoms with Crippen molar-refractivity contribution in [3.63, 3.8) is 0 Å². The highest BCUT2D eigenvalue weighted by atomic mass is 16.7. The van der Waals surface area contributed by atoms with Gasteiger partial charge in [0.2, 0.25) is 0 Å². The van der Waals surface area contributed by atoms with Crippen LogP contribution in [0.4, 0.5) is 0 Å². The van der Waals surface area contributed by atoms with Gasteiger partial charge in [-0.05, 0) is 70.6 Å². The van der Waals surface area contributed by atoms with Gasteiger partial charge in [0.15, 0.2) is 24.6 Å². The van der Waals surface area contributed by atoms with Gasteiger partial charge in [-0.3, -0.25) is 14.4 Å². The predicted molar refractivity (Wildman–Crippen MR) is 312 cm³/mol. The largest absolute Gasteiger partial charge is 0.479 e. The quantitative estimate of drug-likeness (QED) is 0.0228. The summed E-state index contributed by atoms with van der Waals surface area (Å²) in [4.78, 5) is 51.2. The van der Waals surface area contributed by atoms with Gasteiger partial charge in [0.1, 0.15) is 18.8 Å². The predicted octanol–water partition coefficient (Wildman–Crippen LogP) is 16.3. The number of hydrogen-bond donors (Lipinski definition) is 3. The number of ether oxygens (including phenoxy) is 5. The molecular formula is C65H112O12. The molecule has 1 heterocycles. The first-order valence-corrected chi connectivity index (χ1v) is 31.3. The minimum atomic E-state index is -1.91. The summed E-state index contributed by atoms with van der Waals surface area (Å²) in [6.07, 6.45) is 53.5. The fourth-order valence-corrected chi connectivity index (χ4v) is 9.32. The molecule has 1 aliphatic heterocycles. The summed E-state index contributed by atoms with van der Waals surface area (Å²) in [6.45, 7) is 5.84. The normalized spacial score (nSPS) is 18.4. The Morgan fingerprint density at radius 2 is 0.844 bits per heavy atom. The number of carboxylic acid groups (broad SMARTS) is 1. The molecule has 0 bridgehead atoms. The highest BCUT2D eigenvalue weighted by Gasteiger charge is 2.50. The van der Waals surface area contributed by atoms with Crippen LogP contribution in [0.5, 0.6) is 0 Å². The second-order valence-electron chi connectivity index (χ2n) is 21.3. The van der Waals surface area contributed by atoms with E-state index in [1.807, 2.05) is 12.2 Å². The average Bonchev–Trinajstić information content (AvgIpc) is 3.42. The third kappa shape index (κ3) is 43.0. The van der Waals surface area contributed by atoms with Crippen molar-refractivity contribution >= 4 is 23.9 Å². The molecule has 1 rings (SSSR count). The molecule has 444 valence electrons. The lowest BCUT2D eigenvalue weighted by Crippen LogP contribution is -2.61. The maximum Gasteiger partial charge on any atom is 0.335 e. The molecule has 12 heteroatoms. The lowest BCUT2D eigenvalue weighted by Gasteiger charge is -2.40. The van der Waals surface area contributed by atoms with Crippen LogP contribution in [0.1, 0.15) is 278 Å². The maximum atomic E-state index is 13.1. The van der Waals surface area contributed by atoms with Crippen molar-refractivity contribution in [3.05, 3.63) is 60.8 Å². The van der Waals surface area contributed by atoms with Gasteiger partial charge < -0.3 is 39.0 Å². The molecule has 0 aliphatic carbocycles. The number of aliphatic carboxylic acids is 1. The second-order valence-corrected chi connectivity index (χ2v) is 21.3. The number of unbranched alkanes of at least 4 members (excludes halogenated alkanes) is 29. The molecule has 0 amide bonds. The van der Waals surface area contributed by atoms with E-state index in [-0.39, 0.29) is 25.9 Å². The highest BCUT2D eigenvalue weighted by molar-refractivity contribution is 5.74. The van der Waals surface area contributed by atoms with E-state index in [0.29, 0.717) is 25.7 Å². The van der Waals surface area contributed by atoms with Gasteiger partial charge in [-0.1, -0.05) is 248 Å². The van der Waals surface area contributed by atoms with Crippen LogP contribution in [0, 0.1) is 0 Å². The lowest BCUT2D eigenvalue weighted by atomic mass is 9.98. The van der Waals surface area contributed by atoms with Crippen LogP contribution in [-0.4, -0.2) is 89.2 Å². The number of hydrogen-bond acceptors (Lipinski definition) is 11. The molecule has 0 aromatic heterocycles. The third-order valence-electron chi connectivity index (χ3n) is 14.1. The van der Waals surface area contributed by atoms with Gasteiger partial charge in [0.25, 0.3) is 0 Å². The van der Waals surface area contributed by atoms with E-state index >= 15 is 0 Å². The van der Waals surface area contributed by atoms with Crippen molar-refractivity contribution < 1.29 is 58.2 Å². The van der Waals surface area contributed by atoms with Crippen LogP contribution in [-0.2, 0) is 42.9 Å². The molecule has 1 aliphatic rings. The van der Waals surface area contributed by atoms with Crippen molar-refractivity contribution in [3.8, 4) is 0 Å². The van der Waals surface area contributed by atoms with E-state index in [9.17, 15) is 34.5 Å². The van der Waals surface area contributed by atoms with Crippen molar-refractivity contribution in [1.82, 2.24) is 0 Å². The highest BCUT2D eigenvalue weighted by Crippen LogP contribution is 2.26. The summed E-state index contributed by atoms with van der Waals surface area (Å²) in [5.74, 6) is -3.22. The van der Waals surface area contributed by atoms with Gasteiger partial charge in [0, 0.05) is 19.3 Å². The summed E-state index contributed by atoms with van der Waals surface area (Å²) in [6, 6.07) is 0. The molecule has 0 aromatic rings. The van der Waals surface area contributed by atoms with E-state index < -0.39 is 67.3 Å². The Balaban J connectivity index is 2.68. The lowest BCUT2D eigenvalue weighted by molar-refractivity contribution is -0.301. The summed E-state index contributed by atoms with van der Waals surface area (Å²) in [5.41, 5.74) is 0.